The van der Waals surface area contributed by atoms with Crippen LogP contribution in [0.5, 0.6) is 0 Å². The summed E-state index contributed by atoms with van der Waals surface area (Å²) in [6.07, 6.45) is 17.9. The monoisotopic (exact) mass is 336 g/mol. The van der Waals surface area contributed by atoms with Gasteiger partial charge in [-0.1, -0.05) is 79.1 Å². The molecule has 3 aliphatic carbocycles. The minimum Gasteiger partial charge on any atom is -0.389 e. The average molecular weight is 337 g/mol. The van der Waals surface area contributed by atoms with Crippen molar-refractivity contribution in [1.82, 2.24) is 0 Å². The quantitative estimate of drug-likeness (QED) is 0.574. The first kappa shape index (κ1) is 20.3. The van der Waals surface area contributed by atoms with Gasteiger partial charge in [-0.15, -0.1) is 0 Å². The molecule has 0 spiro atoms. The molecule has 1 nitrogen and oxygen atoms in total. The third-order valence-corrected chi connectivity index (χ3v) is 7.22. The molecule has 0 aromatic heterocycles. The van der Waals surface area contributed by atoms with Crippen LogP contribution >= 0.6 is 0 Å². The first-order chi connectivity index (χ1) is 11.4. The minimum absolute atomic E-state index is 0.340. The molecule has 0 aromatic carbocycles. The Morgan fingerprint density at radius 2 is 1.08 bits per heavy atom. The Morgan fingerprint density at radius 3 is 1.42 bits per heavy atom. The lowest BCUT2D eigenvalue weighted by molar-refractivity contribution is -0.103. The topological polar surface area (TPSA) is 20.2 Å². The lowest BCUT2D eigenvalue weighted by Gasteiger charge is -2.43. The Bertz CT molecular complexity index is 312. The van der Waals surface area contributed by atoms with Crippen molar-refractivity contribution in [1.29, 1.82) is 0 Å². The van der Waals surface area contributed by atoms with E-state index in [2.05, 4.69) is 27.7 Å². The van der Waals surface area contributed by atoms with E-state index in [1.807, 2.05) is 0 Å². The molecule has 3 saturated carbocycles. The summed E-state index contributed by atoms with van der Waals surface area (Å²) >= 11 is 0. The van der Waals surface area contributed by atoms with Gasteiger partial charge in [0, 0.05) is 0 Å². The maximum Gasteiger partial charge on any atom is 0.0726 e. The molecule has 0 aliphatic heterocycles. The van der Waals surface area contributed by atoms with Crippen molar-refractivity contribution in [3.8, 4) is 0 Å². The van der Waals surface area contributed by atoms with Crippen LogP contribution in [0.1, 0.15) is 111 Å². The van der Waals surface area contributed by atoms with Crippen molar-refractivity contribution in [3.05, 3.63) is 0 Å². The van der Waals surface area contributed by atoms with Crippen LogP contribution in [0.15, 0.2) is 0 Å². The highest BCUT2D eigenvalue weighted by Crippen LogP contribution is 2.48. The highest BCUT2D eigenvalue weighted by atomic mass is 16.3. The molecule has 0 saturated heterocycles. The smallest absolute Gasteiger partial charge is 0.0726 e. The van der Waals surface area contributed by atoms with Crippen molar-refractivity contribution in [2.24, 2.45) is 29.6 Å². The molecule has 0 amide bonds. The van der Waals surface area contributed by atoms with E-state index >= 15 is 0 Å². The van der Waals surface area contributed by atoms with Gasteiger partial charge < -0.3 is 5.11 Å². The lowest BCUT2D eigenvalue weighted by atomic mass is 9.68. The number of hydrogen-bond donors (Lipinski definition) is 1. The maximum atomic E-state index is 11.1. The van der Waals surface area contributed by atoms with Crippen LogP contribution in [-0.2, 0) is 0 Å². The van der Waals surface area contributed by atoms with Crippen molar-refractivity contribution < 1.29 is 5.11 Å². The summed E-state index contributed by atoms with van der Waals surface area (Å²) in [5.74, 6) is 3.64. The molecule has 142 valence electrons. The zero-order valence-corrected chi connectivity index (χ0v) is 17.0. The first-order valence-electron chi connectivity index (χ1n) is 11.2. The second-order valence-electron chi connectivity index (χ2n) is 9.78. The first-order valence-corrected chi connectivity index (χ1v) is 11.2. The van der Waals surface area contributed by atoms with Gasteiger partial charge in [0.1, 0.15) is 0 Å². The fourth-order valence-corrected chi connectivity index (χ4v) is 5.97. The van der Waals surface area contributed by atoms with Crippen LogP contribution < -0.4 is 0 Å². The molecule has 3 fully saturated rings. The van der Waals surface area contributed by atoms with E-state index in [1.165, 1.54) is 83.5 Å². The standard InChI is InChI=1S/C14H26O.C9H18/c1-11(2)14(15,12-7-3-4-8-12)13-9-5-6-10-13;1-8(2)7-9-5-3-4-6-9/h11-13,15H,3-10H2,1-2H3;8-9H,3-7H2,1-2H3. The zero-order chi connectivity index (χ0) is 17.6. The van der Waals surface area contributed by atoms with E-state index in [4.69, 9.17) is 0 Å². The highest BCUT2D eigenvalue weighted by molar-refractivity contribution is 4.98. The largest absolute Gasteiger partial charge is 0.389 e. The third-order valence-electron chi connectivity index (χ3n) is 7.22. The summed E-state index contributed by atoms with van der Waals surface area (Å²) < 4.78 is 0. The van der Waals surface area contributed by atoms with Crippen LogP contribution in [0.4, 0.5) is 0 Å². The summed E-state index contributed by atoms with van der Waals surface area (Å²) in [6, 6.07) is 0. The van der Waals surface area contributed by atoms with Gasteiger partial charge in [0.05, 0.1) is 5.60 Å². The van der Waals surface area contributed by atoms with Gasteiger partial charge in [0.25, 0.3) is 0 Å². The fraction of sp³-hybridized carbons (Fsp3) is 1.00. The number of aliphatic hydroxyl groups is 1. The van der Waals surface area contributed by atoms with E-state index in [0.29, 0.717) is 17.8 Å². The van der Waals surface area contributed by atoms with Gasteiger partial charge in [-0.25, -0.2) is 0 Å². The summed E-state index contributed by atoms with van der Waals surface area (Å²) in [4.78, 5) is 0. The summed E-state index contributed by atoms with van der Waals surface area (Å²) in [5, 5.41) is 11.1. The third kappa shape index (κ3) is 5.23. The van der Waals surface area contributed by atoms with Crippen LogP contribution in [0.2, 0.25) is 0 Å². The summed E-state index contributed by atoms with van der Waals surface area (Å²) in [5.41, 5.74) is -0.340. The Kier molecular flexibility index (Phi) is 8.11. The maximum absolute atomic E-state index is 11.1. The van der Waals surface area contributed by atoms with E-state index in [0.717, 1.165) is 11.8 Å². The molecular weight excluding hydrogens is 292 g/mol. The van der Waals surface area contributed by atoms with Gasteiger partial charge in [0.15, 0.2) is 0 Å². The van der Waals surface area contributed by atoms with Gasteiger partial charge in [-0.2, -0.15) is 0 Å². The van der Waals surface area contributed by atoms with E-state index in [9.17, 15) is 5.11 Å². The molecule has 3 aliphatic rings. The van der Waals surface area contributed by atoms with Crippen molar-refractivity contribution >= 4 is 0 Å². The van der Waals surface area contributed by atoms with Gasteiger partial charge in [-0.05, 0) is 61.7 Å². The predicted molar refractivity (Wildman–Crippen MR) is 105 cm³/mol. The summed E-state index contributed by atoms with van der Waals surface area (Å²) in [6.45, 7) is 9.10. The molecule has 0 heterocycles. The van der Waals surface area contributed by atoms with E-state index < -0.39 is 0 Å². The molecule has 3 rings (SSSR count). The predicted octanol–water partition coefficient (Wildman–Crippen LogP) is 6.98. The lowest BCUT2D eigenvalue weighted by Crippen LogP contribution is -2.48. The molecular formula is C23H44O. The minimum atomic E-state index is -0.340. The van der Waals surface area contributed by atoms with Crippen LogP contribution in [0.25, 0.3) is 0 Å². The molecule has 1 N–H and O–H groups in total. The Hall–Kier alpha value is -0.0400. The number of hydrogen-bond acceptors (Lipinski definition) is 1. The normalized spacial score (nSPS) is 24.1. The summed E-state index contributed by atoms with van der Waals surface area (Å²) in [7, 11) is 0. The molecule has 1 heteroatoms. The van der Waals surface area contributed by atoms with Crippen LogP contribution in [0, 0.1) is 29.6 Å². The SMILES string of the molecule is CC(C)C(O)(C1CCCC1)C1CCCC1.CC(C)CC1CCCC1. The van der Waals surface area contributed by atoms with Crippen molar-refractivity contribution in [2.75, 3.05) is 0 Å². The van der Waals surface area contributed by atoms with E-state index in [1.54, 1.807) is 0 Å². The van der Waals surface area contributed by atoms with Crippen LogP contribution in [0.3, 0.4) is 0 Å². The highest BCUT2D eigenvalue weighted by Gasteiger charge is 2.47. The van der Waals surface area contributed by atoms with Crippen molar-refractivity contribution in [2.45, 2.75) is 117 Å². The second-order valence-corrected chi connectivity index (χ2v) is 9.78. The Balaban J connectivity index is 0.000000198. The average Bonchev–Trinajstić information content (AvgIpc) is 3.28. The molecule has 0 unspecified atom stereocenters. The molecule has 0 aromatic rings. The van der Waals surface area contributed by atoms with Gasteiger partial charge in [-0.3, -0.25) is 0 Å². The Labute approximate surface area is 152 Å². The van der Waals surface area contributed by atoms with Gasteiger partial charge in [0.2, 0.25) is 0 Å². The fourth-order valence-electron chi connectivity index (χ4n) is 5.97. The molecule has 0 radical (unpaired) electrons. The Morgan fingerprint density at radius 1 is 0.708 bits per heavy atom. The van der Waals surface area contributed by atoms with E-state index in [-0.39, 0.29) is 5.60 Å². The molecule has 0 atom stereocenters. The zero-order valence-electron chi connectivity index (χ0n) is 17.0. The second kappa shape index (κ2) is 9.60. The molecule has 24 heavy (non-hydrogen) atoms. The molecule has 0 bridgehead atoms. The van der Waals surface area contributed by atoms with Crippen molar-refractivity contribution in [3.63, 3.8) is 0 Å². The number of rotatable bonds is 5. The van der Waals surface area contributed by atoms with Gasteiger partial charge >= 0.3 is 0 Å². The van der Waals surface area contributed by atoms with Crippen LogP contribution in [-0.4, -0.2) is 10.7 Å².